The van der Waals surface area contributed by atoms with Crippen molar-refractivity contribution >= 4 is 38.9 Å². The van der Waals surface area contributed by atoms with Crippen LogP contribution >= 0.6 is 11.3 Å². The summed E-state index contributed by atoms with van der Waals surface area (Å²) in [5, 5.41) is 7.82. The Morgan fingerprint density at radius 3 is 2.24 bits per heavy atom. The second-order valence-electron chi connectivity index (χ2n) is 9.92. The van der Waals surface area contributed by atoms with Crippen molar-refractivity contribution in [2.45, 2.75) is 56.2 Å². The van der Waals surface area contributed by atoms with Crippen LogP contribution in [0.25, 0.3) is 0 Å². The Morgan fingerprint density at radius 1 is 1.00 bits per heavy atom. The van der Waals surface area contributed by atoms with E-state index in [-0.39, 0.29) is 12.2 Å². The number of ether oxygens (including phenoxy) is 1. The third-order valence-corrected chi connectivity index (χ3v) is 9.55. The molecule has 11 heteroatoms. The Bertz CT molecular complexity index is 1330. The van der Waals surface area contributed by atoms with Crippen molar-refractivity contribution in [3.05, 3.63) is 81.8 Å². The molecule has 0 fully saturated rings. The van der Waals surface area contributed by atoms with Crippen molar-refractivity contribution in [3.63, 3.8) is 0 Å². The van der Waals surface area contributed by atoms with E-state index in [1.54, 1.807) is 38.3 Å². The Kier molecular flexibility index (Phi) is 9.50. The Balaban J connectivity index is 1.88. The van der Waals surface area contributed by atoms with Gasteiger partial charge in [0.1, 0.15) is 16.8 Å². The summed E-state index contributed by atoms with van der Waals surface area (Å²) in [4.78, 5) is 30.1. The number of thiazole rings is 1. The number of rotatable bonds is 10. The molecule has 38 heavy (non-hydrogen) atoms. The highest BCUT2D eigenvalue weighted by atomic mass is 32.2. The van der Waals surface area contributed by atoms with Gasteiger partial charge in [-0.2, -0.15) is 0 Å². The van der Waals surface area contributed by atoms with Crippen LogP contribution in [0, 0.1) is 0 Å². The van der Waals surface area contributed by atoms with Gasteiger partial charge in [-0.15, -0.1) is 11.3 Å². The van der Waals surface area contributed by atoms with Crippen LogP contribution in [0.15, 0.2) is 60.0 Å². The lowest BCUT2D eigenvalue weighted by Crippen LogP contribution is -2.49. The molecule has 4 N–H and O–H groups in total. The van der Waals surface area contributed by atoms with Crippen LogP contribution in [0.5, 0.6) is 0 Å². The van der Waals surface area contributed by atoms with Gasteiger partial charge < -0.3 is 21.1 Å². The maximum Gasteiger partial charge on any atom is 0.407 e. The number of nitrogens with two attached hydrogens (primary N) is 1. The van der Waals surface area contributed by atoms with E-state index in [9.17, 15) is 18.0 Å². The van der Waals surface area contributed by atoms with Gasteiger partial charge in [-0.05, 0) is 50.5 Å². The standard InChI is InChI=1S/C27H34N4O5S2/c1-27(2,3)38(34,35)17-24-29-23(16-37-24)21(14-19-10-12-20(28)13-11-19)30-25(32)22(31-26(33)36-4)15-18-8-6-5-7-9-18/h5-13,16,21-22H,14-15,17,28H2,1-4H3,(H,30,32)(H,31,33). The van der Waals surface area contributed by atoms with Crippen molar-refractivity contribution in [1.29, 1.82) is 0 Å². The van der Waals surface area contributed by atoms with E-state index < -0.39 is 38.7 Å². The molecule has 0 saturated heterocycles. The lowest BCUT2D eigenvalue weighted by molar-refractivity contribution is -0.123. The average molecular weight is 559 g/mol. The van der Waals surface area contributed by atoms with Gasteiger partial charge in [-0.3, -0.25) is 4.79 Å². The Labute approximate surface area is 227 Å². The highest BCUT2D eigenvalue weighted by Crippen LogP contribution is 2.26. The molecule has 0 aliphatic rings. The smallest absolute Gasteiger partial charge is 0.407 e. The van der Waals surface area contributed by atoms with Crippen LogP contribution < -0.4 is 16.4 Å². The zero-order chi connectivity index (χ0) is 27.9. The van der Waals surface area contributed by atoms with Crippen molar-refractivity contribution < 1.29 is 22.7 Å². The number of carbonyl (C=O) groups excluding carboxylic acids is 2. The fraction of sp³-hybridized carbons (Fsp3) is 0.370. The third kappa shape index (κ3) is 8.03. The van der Waals surface area contributed by atoms with Crippen molar-refractivity contribution in [2.75, 3.05) is 12.8 Å². The monoisotopic (exact) mass is 558 g/mol. The molecule has 0 bridgehead atoms. The summed E-state index contributed by atoms with van der Waals surface area (Å²) in [6, 6.07) is 15.1. The highest BCUT2D eigenvalue weighted by Gasteiger charge is 2.31. The van der Waals surface area contributed by atoms with E-state index in [1.165, 1.54) is 18.4 Å². The number of nitrogens with zero attached hydrogens (tertiary/aromatic N) is 1. The van der Waals surface area contributed by atoms with E-state index in [2.05, 4.69) is 15.6 Å². The van der Waals surface area contributed by atoms with Crippen LogP contribution in [0.3, 0.4) is 0 Å². The number of sulfone groups is 1. The van der Waals surface area contributed by atoms with Crippen molar-refractivity contribution in [3.8, 4) is 0 Å². The molecule has 1 aromatic heterocycles. The minimum atomic E-state index is -3.43. The van der Waals surface area contributed by atoms with Crippen molar-refractivity contribution in [2.24, 2.45) is 0 Å². The first-order valence-corrected chi connectivity index (χ1v) is 14.6. The number of hydrogen-bond donors (Lipinski definition) is 3. The van der Waals surface area contributed by atoms with Crippen LogP contribution in [0.1, 0.15) is 48.6 Å². The number of benzene rings is 2. The predicted octanol–water partition coefficient (Wildman–Crippen LogP) is 3.81. The number of carbonyl (C=O) groups is 2. The first-order valence-electron chi connectivity index (χ1n) is 12.1. The molecule has 2 atom stereocenters. The molecule has 0 aliphatic carbocycles. The number of methoxy groups -OCH3 is 1. The van der Waals surface area contributed by atoms with E-state index >= 15 is 0 Å². The zero-order valence-corrected chi connectivity index (χ0v) is 23.6. The second-order valence-corrected chi connectivity index (χ2v) is 13.6. The number of nitrogens with one attached hydrogen (secondary N) is 2. The minimum absolute atomic E-state index is 0.190. The van der Waals surface area contributed by atoms with Crippen LogP contribution in [-0.4, -0.2) is 43.3 Å². The molecule has 0 aliphatic heterocycles. The molecule has 1 heterocycles. The number of hydrogen-bond acceptors (Lipinski definition) is 8. The number of nitrogen functional groups attached to an aromatic ring is 1. The summed E-state index contributed by atoms with van der Waals surface area (Å²) in [5.74, 6) is -0.610. The lowest BCUT2D eigenvalue weighted by atomic mass is 10.0. The van der Waals surface area contributed by atoms with Gasteiger partial charge >= 0.3 is 6.09 Å². The van der Waals surface area contributed by atoms with Crippen molar-refractivity contribution in [1.82, 2.24) is 15.6 Å². The molecular formula is C27H34N4O5S2. The SMILES string of the molecule is COC(=O)NC(Cc1ccccc1)C(=O)NC(Cc1ccc(N)cc1)c1csc(CS(=O)(=O)C(C)(C)C)n1. The molecule has 3 rings (SSSR count). The van der Waals surface area contributed by atoms with Gasteiger partial charge in [0.15, 0.2) is 9.84 Å². The molecule has 0 saturated carbocycles. The summed E-state index contributed by atoms with van der Waals surface area (Å²) in [5.41, 5.74) is 8.75. The molecule has 2 amide bonds. The fourth-order valence-corrected chi connectivity index (χ4v) is 5.77. The molecule has 0 spiro atoms. The van der Waals surface area contributed by atoms with E-state index in [4.69, 9.17) is 10.5 Å². The summed E-state index contributed by atoms with van der Waals surface area (Å²) < 4.78 is 29.3. The zero-order valence-electron chi connectivity index (χ0n) is 21.9. The second kappa shape index (κ2) is 12.4. The first kappa shape index (κ1) is 29.1. The Hall–Kier alpha value is -3.44. The molecule has 9 nitrogen and oxygen atoms in total. The first-order chi connectivity index (χ1) is 17.9. The quantitative estimate of drug-likeness (QED) is 0.322. The van der Waals surface area contributed by atoms with Crippen LogP contribution in [-0.2, 0) is 38.0 Å². The van der Waals surface area contributed by atoms with Gasteiger partial charge in [0.05, 0.1) is 23.6 Å². The normalized spacial score (nSPS) is 13.4. The van der Waals surface area contributed by atoms with Gasteiger partial charge in [-0.25, -0.2) is 18.2 Å². The molecule has 0 radical (unpaired) electrons. The average Bonchev–Trinajstić information content (AvgIpc) is 3.32. The largest absolute Gasteiger partial charge is 0.453 e. The molecule has 3 aromatic rings. The molecule has 2 unspecified atom stereocenters. The fourth-order valence-electron chi connectivity index (χ4n) is 3.58. The maximum absolute atomic E-state index is 13.5. The number of alkyl carbamates (subject to hydrolysis) is 1. The van der Waals surface area contributed by atoms with Gasteiger partial charge in [0.25, 0.3) is 0 Å². The van der Waals surface area contributed by atoms with Gasteiger partial charge in [0, 0.05) is 17.5 Å². The Morgan fingerprint density at radius 2 is 1.63 bits per heavy atom. The topological polar surface area (TPSA) is 140 Å². The summed E-state index contributed by atoms with van der Waals surface area (Å²) in [6.07, 6.45) is -0.0838. The predicted molar refractivity (Wildman–Crippen MR) is 149 cm³/mol. The number of amides is 2. The molecule has 2 aromatic carbocycles. The summed E-state index contributed by atoms with van der Waals surface area (Å²) >= 11 is 1.23. The summed E-state index contributed by atoms with van der Waals surface area (Å²) in [6.45, 7) is 4.96. The third-order valence-electron chi connectivity index (χ3n) is 5.99. The molecule has 204 valence electrons. The molecular weight excluding hydrogens is 524 g/mol. The number of aromatic nitrogens is 1. The number of anilines is 1. The van der Waals surface area contributed by atoms with Crippen LogP contribution in [0.4, 0.5) is 10.5 Å². The minimum Gasteiger partial charge on any atom is -0.453 e. The van der Waals surface area contributed by atoms with E-state index in [0.29, 0.717) is 22.8 Å². The lowest BCUT2D eigenvalue weighted by Gasteiger charge is -2.23. The van der Waals surface area contributed by atoms with Gasteiger partial charge in [-0.1, -0.05) is 42.5 Å². The summed E-state index contributed by atoms with van der Waals surface area (Å²) in [7, 11) is -2.19. The van der Waals surface area contributed by atoms with E-state index in [0.717, 1.165) is 11.1 Å². The van der Waals surface area contributed by atoms with Crippen LogP contribution in [0.2, 0.25) is 0 Å². The van der Waals surface area contributed by atoms with E-state index in [1.807, 2.05) is 42.5 Å². The highest BCUT2D eigenvalue weighted by molar-refractivity contribution is 7.92. The maximum atomic E-state index is 13.5. The van der Waals surface area contributed by atoms with Gasteiger partial charge in [0.2, 0.25) is 5.91 Å².